The van der Waals surface area contributed by atoms with E-state index < -0.39 is 0 Å². The highest BCUT2D eigenvalue weighted by molar-refractivity contribution is 7.10. The van der Waals surface area contributed by atoms with Gasteiger partial charge in [-0.05, 0) is 17.9 Å². The van der Waals surface area contributed by atoms with Gasteiger partial charge >= 0.3 is 0 Å². The summed E-state index contributed by atoms with van der Waals surface area (Å²) in [6.07, 6.45) is 0.996. The molecular weight excluding hydrogens is 230 g/mol. The molecule has 0 saturated carbocycles. The van der Waals surface area contributed by atoms with Crippen LogP contribution in [-0.4, -0.2) is 24.8 Å². The van der Waals surface area contributed by atoms with Crippen molar-refractivity contribution in [3.63, 3.8) is 0 Å². The molecule has 0 amide bonds. The van der Waals surface area contributed by atoms with Crippen molar-refractivity contribution >= 4 is 11.3 Å². The van der Waals surface area contributed by atoms with Gasteiger partial charge in [-0.15, -0.1) is 11.3 Å². The Morgan fingerprint density at radius 2 is 2.00 bits per heavy atom. The van der Waals surface area contributed by atoms with Crippen LogP contribution in [-0.2, 0) is 5.41 Å². The molecule has 2 N–H and O–H groups in total. The third kappa shape index (κ3) is 4.09. The van der Waals surface area contributed by atoms with E-state index in [-0.39, 0.29) is 17.4 Å². The van der Waals surface area contributed by atoms with E-state index in [0.717, 1.165) is 19.5 Å². The van der Waals surface area contributed by atoms with Crippen LogP contribution in [0.4, 0.5) is 0 Å². The third-order valence-corrected chi connectivity index (χ3v) is 4.78. The Morgan fingerprint density at radius 3 is 2.47 bits per heavy atom. The molecule has 0 aliphatic rings. The lowest BCUT2D eigenvalue weighted by molar-refractivity contribution is 0.134. The Kier molecular flexibility index (Phi) is 5.17. The van der Waals surface area contributed by atoms with Gasteiger partial charge in [0.15, 0.2) is 0 Å². The van der Waals surface area contributed by atoms with Crippen molar-refractivity contribution in [1.29, 1.82) is 0 Å². The van der Waals surface area contributed by atoms with Gasteiger partial charge in [-0.3, -0.25) is 0 Å². The molecule has 0 fully saturated rings. The number of nitrogens with one attached hydrogen (secondary N) is 1. The first-order valence-corrected chi connectivity index (χ1v) is 7.17. The quantitative estimate of drug-likeness (QED) is 0.785. The fourth-order valence-electron chi connectivity index (χ4n) is 1.72. The summed E-state index contributed by atoms with van der Waals surface area (Å²) in [5, 5.41) is 15.0. The van der Waals surface area contributed by atoms with Gasteiger partial charge in [-0.25, -0.2) is 0 Å². The highest BCUT2D eigenvalue weighted by atomic mass is 32.1. The van der Waals surface area contributed by atoms with Crippen molar-refractivity contribution in [3.05, 3.63) is 22.4 Å². The van der Waals surface area contributed by atoms with Crippen LogP contribution in [0.15, 0.2) is 17.5 Å². The smallest absolute Gasteiger partial charge is 0.0496 e. The van der Waals surface area contributed by atoms with Crippen LogP contribution in [0.5, 0.6) is 0 Å². The van der Waals surface area contributed by atoms with Gasteiger partial charge in [0.05, 0.1) is 0 Å². The lowest BCUT2D eigenvalue weighted by Gasteiger charge is -2.30. The van der Waals surface area contributed by atoms with Crippen LogP contribution in [0, 0.1) is 5.41 Å². The van der Waals surface area contributed by atoms with Gasteiger partial charge in [0, 0.05) is 35.4 Å². The molecule has 0 saturated heterocycles. The highest BCUT2D eigenvalue weighted by Gasteiger charge is 2.24. The molecular formula is C14H25NOS. The second kappa shape index (κ2) is 5.98. The molecule has 0 spiro atoms. The van der Waals surface area contributed by atoms with Gasteiger partial charge in [0.1, 0.15) is 0 Å². The molecule has 98 valence electrons. The summed E-state index contributed by atoms with van der Waals surface area (Å²) < 4.78 is 0. The summed E-state index contributed by atoms with van der Waals surface area (Å²) in [5.74, 6) is 0. The molecule has 1 aromatic heterocycles. The van der Waals surface area contributed by atoms with Crippen molar-refractivity contribution in [2.45, 2.75) is 39.5 Å². The van der Waals surface area contributed by atoms with Crippen LogP contribution in [0.25, 0.3) is 0 Å². The molecule has 0 bridgehead atoms. The van der Waals surface area contributed by atoms with Crippen molar-refractivity contribution in [2.75, 3.05) is 19.7 Å². The van der Waals surface area contributed by atoms with E-state index in [2.05, 4.69) is 50.5 Å². The summed E-state index contributed by atoms with van der Waals surface area (Å²) in [7, 11) is 0. The van der Waals surface area contributed by atoms with E-state index in [1.165, 1.54) is 4.88 Å². The normalized spacial score (nSPS) is 15.8. The minimum atomic E-state index is 0.00549. The van der Waals surface area contributed by atoms with Crippen molar-refractivity contribution in [1.82, 2.24) is 5.32 Å². The number of thiophene rings is 1. The maximum Gasteiger partial charge on any atom is 0.0496 e. The van der Waals surface area contributed by atoms with Crippen LogP contribution >= 0.6 is 11.3 Å². The summed E-state index contributed by atoms with van der Waals surface area (Å²) in [6.45, 7) is 10.8. The van der Waals surface area contributed by atoms with Gasteiger partial charge in [0.25, 0.3) is 0 Å². The number of aliphatic hydroxyl groups excluding tert-OH is 1. The Bertz CT molecular complexity index is 315. The predicted molar refractivity (Wildman–Crippen MR) is 75.7 cm³/mol. The van der Waals surface area contributed by atoms with E-state index in [1.807, 2.05) is 11.3 Å². The monoisotopic (exact) mass is 255 g/mol. The van der Waals surface area contributed by atoms with E-state index in [1.54, 1.807) is 0 Å². The van der Waals surface area contributed by atoms with Crippen molar-refractivity contribution in [2.24, 2.45) is 5.41 Å². The zero-order valence-electron chi connectivity index (χ0n) is 11.4. The second-order valence-electron chi connectivity index (χ2n) is 5.79. The molecule has 2 nitrogen and oxygen atoms in total. The first kappa shape index (κ1) is 14.7. The largest absolute Gasteiger partial charge is 0.396 e. The molecule has 0 aliphatic heterocycles. The standard InChI is InChI=1S/C14H25NOS/c1-5-14(4,11-16)10-15-9-13(2,3)12-7-6-8-17-12/h6-8,15-16H,5,9-11H2,1-4H3. The Morgan fingerprint density at radius 1 is 1.29 bits per heavy atom. The minimum absolute atomic E-state index is 0.00549. The van der Waals surface area contributed by atoms with Crippen molar-refractivity contribution < 1.29 is 5.11 Å². The fraction of sp³-hybridized carbons (Fsp3) is 0.714. The van der Waals surface area contributed by atoms with E-state index >= 15 is 0 Å². The Hall–Kier alpha value is -0.380. The van der Waals surface area contributed by atoms with Gasteiger partial charge < -0.3 is 10.4 Å². The molecule has 1 heterocycles. The molecule has 0 aromatic carbocycles. The van der Waals surface area contributed by atoms with E-state index in [0.29, 0.717) is 0 Å². The fourth-order valence-corrected chi connectivity index (χ4v) is 2.57. The zero-order valence-corrected chi connectivity index (χ0v) is 12.2. The lowest BCUT2D eigenvalue weighted by atomic mass is 9.87. The van der Waals surface area contributed by atoms with Crippen LogP contribution in [0.1, 0.15) is 39.0 Å². The maximum absolute atomic E-state index is 9.36. The van der Waals surface area contributed by atoms with Gasteiger partial charge in [-0.2, -0.15) is 0 Å². The topological polar surface area (TPSA) is 32.3 Å². The summed E-state index contributed by atoms with van der Waals surface area (Å²) in [4.78, 5) is 1.41. The van der Waals surface area contributed by atoms with Crippen LogP contribution in [0.3, 0.4) is 0 Å². The van der Waals surface area contributed by atoms with E-state index in [9.17, 15) is 5.11 Å². The molecule has 3 heteroatoms. The zero-order chi connectivity index (χ0) is 12.9. The maximum atomic E-state index is 9.36. The lowest BCUT2D eigenvalue weighted by Crippen LogP contribution is -2.40. The third-order valence-electron chi connectivity index (χ3n) is 3.54. The predicted octanol–water partition coefficient (Wildman–Crippen LogP) is 3.02. The first-order valence-electron chi connectivity index (χ1n) is 6.29. The molecule has 1 atom stereocenters. The van der Waals surface area contributed by atoms with Gasteiger partial charge in [-0.1, -0.05) is 33.8 Å². The van der Waals surface area contributed by atoms with Gasteiger partial charge in [0.2, 0.25) is 0 Å². The molecule has 0 aliphatic carbocycles. The summed E-state index contributed by atoms with van der Waals surface area (Å²) >= 11 is 1.81. The summed E-state index contributed by atoms with van der Waals surface area (Å²) in [5.41, 5.74) is 0.170. The molecule has 1 aromatic rings. The number of hydrogen-bond donors (Lipinski definition) is 2. The SMILES string of the molecule is CCC(C)(CO)CNCC(C)(C)c1cccs1. The average Bonchev–Trinajstić information content (AvgIpc) is 2.82. The Labute approximate surface area is 109 Å². The molecule has 1 rings (SSSR count). The molecule has 0 radical (unpaired) electrons. The highest BCUT2D eigenvalue weighted by Crippen LogP contribution is 2.27. The number of hydrogen-bond acceptors (Lipinski definition) is 3. The number of rotatable bonds is 7. The van der Waals surface area contributed by atoms with Crippen molar-refractivity contribution in [3.8, 4) is 0 Å². The average molecular weight is 255 g/mol. The minimum Gasteiger partial charge on any atom is -0.396 e. The van der Waals surface area contributed by atoms with Crippen LogP contribution < -0.4 is 5.32 Å². The molecule has 17 heavy (non-hydrogen) atoms. The first-order chi connectivity index (χ1) is 7.93. The van der Waals surface area contributed by atoms with Crippen LogP contribution in [0.2, 0.25) is 0 Å². The van der Waals surface area contributed by atoms with E-state index in [4.69, 9.17) is 0 Å². The molecule has 1 unspecified atom stereocenters. The summed E-state index contributed by atoms with van der Waals surface area (Å²) in [6, 6.07) is 4.29. The Balaban J connectivity index is 2.46. The second-order valence-corrected chi connectivity index (χ2v) is 6.73. The number of aliphatic hydroxyl groups is 1.